The number of carboxylic acids is 1. The number of hydrogen-bond acceptors (Lipinski definition) is 2. The molecular weight excluding hydrogens is 190 g/mol. The fraction of sp³-hybridized carbons (Fsp3) is 0.917. The van der Waals surface area contributed by atoms with Crippen LogP contribution in [0.4, 0.5) is 0 Å². The molecule has 1 aliphatic rings. The lowest BCUT2D eigenvalue weighted by molar-refractivity contribution is -0.139. The van der Waals surface area contributed by atoms with Gasteiger partial charge in [0.05, 0.1) is 0 Å². The summed E-state index contributed by atoms with van der Waals surface area (Å²) in [6, 6.07) is -0.215. The summed E-state index contributed by atoms with van der Waals surface area (Å²) in [5, 5.41) is 12.0. The summed E-state index contributed by atoms with van der Waals surface area (Å²) in [7, 11) is 0. The summed E-state index contributed by atoms with van der Waals surface area (Å²) < 4.78 is 0. The zero-order valence-corrected chi connectivity index (χ0v) is 10.6. The van der Waals surface area contributed by atoms with Gasteiger partial charge in [0.15, 0.2) is 0 Å². The van der Waals surface area contributed by atoms with Crippen molar-refractivity contribution in [3.05, 3.63) is 0 Å². The van der Waals surface area contributed by atoms with E-state index in [-0.39, 0.29) is 6.04 Å². The number of carboxylic acid groups (broad SMARTS) is 1. The topological polar surface area (TPSA) is 49.3 Å². The van der Waals surface area contributed by atoms with Crippen LogP contribution in [-0.2, 0) is 4.79 Å². The first-order chi connectivity index (χ1) is 6.62. The van der Waals surface area contributed by atoms with Gasteiger partial charge in [0, 0.05) is 6.04 Å². The molecule has 1 saturated carbocycles. The Labute approximate surface area is 92.3 Å². The molecule has 0 saturated heterocycles. The van der Waals surface area contributed by atoms with Crippen molar-refractivity contribution >= 4 is 5.97 Å². The van der Waals surface area contributed by atoms with Crippen molar-refractivity contribution in [1.29, 1.82) is 0 Å². The molecule has 3 nitrogen and oxygen atoms in total. The van der Waals surface area contributed by atoms with Crippen molar-refractivity contribution in [3.63, 3.8) is 0 Å². The van der Waals surface area contributed by atoms with Gasteiger partial charge in [0.2, 0.25) is 0 Å². The summed E-state index contributed by atoms with van der Waals surface area (Å²) >= 11 is 0. The maximum atomic E-state index is 10.7. The first-order valence-corrected chi connectivity index (χ1v) is 5.61. The van der Waals surface area contributed by atoms with E-state index in [1.54, 1.807) is 6.92 Å². The Bertz CT molecular complexity index is 257. The highest BCUT2D eigenvalue weighted by Crippen LogP contribution is 2.69. The normalized spacial score (nSPS) is 27.1. The third kappa shape index (κ3) is 1.89. The van der Waals surface area contributed by atoms with Gasteiger partial charge in [-0.1, -0.05) is 27.7 Å². The molecule has 15 heavy (non-hydrogen) atoms. The molecule has 3 heteroatoms. The third-order valence-corrected chi connectivity index (χ3v) is 4.52. The van der Waals surface area contributed by atoms with Gasteiger partial charge in [0.1, 0.15) is 6.04 Å². The minimum absolute atomic E-state index is 0.251. The van der Waals surface area contributed by atoms with Crippen molar-refractivity contribution in [1.82, 2.24) is 5.32 Å². The predicted molar refractivity (Wildman–Crippen MR) is 60.7 cm³/mol. The van der Waals surface area contributed by atoms with E-state index < -0.39 is 12.0 Å². The second-order valence-electron chi connectivity index (χ2n) is 5.94. The van der Waals surface area contributed by atoms with Gasteiger partial charge in [-0.3, -0.25) is 4.79 Å². The molecule has 0 heterocycles. The van der Waals surface area contributed by atoms with Crippen LogP contribution in [-0.4, -0.2) is 23.2 Å². The summed E-state index contributed by atoms with van der Waals surface area (Å²) in [6.45, 7) is 12.8. The van der Waals surface area contributed by atoms with E-state index in [9.17, 15) is 4.79 Å². The van der Waals surface area contributed by atoms with Gasteiger partial charge in [-0.25, -0.2) is 0 Å². The smallest absolute Gasteiger partial charge is 0.320 e. The molecule has 1 rings (SSSR count). The molecule has 0 aromatic rings. The highest BCUT2D eigenvalue weighted by molar-refractivity contribution is 5.72. The standard InChI is InChI=1S/C12H23NO2/c1-7(13-8(2)10(14)15)9-11(3,4)12(9,5)6/h7-9,13H,1-6H3,(H,14,15). The van der Waals surface area contributed by atoms with Crippen LogP contribution in [0.1, 0.15) is 41.5 Å². The van der Waals surface area contributed by atoms with Crippen LogP contribution in [0.2, 0.25) is 0 Å². The fourth-order valence-corrected chi connectivity index (χ4v) is 3.06. The summed E-state index contributed by atoms with van der Waals surface area (Å²) in [4.78, 5) is 10.7. The van der Waals surface area contributed by atoms with E-state index in [4.69, 9.17) is 5.11 Å². The van der Waals surface area contributed by atoms with Crippen LogP contribution in [0.15, 0.2) is 0 Å². The molecule has 2 N–H and O–H groups in total. The van der Waals surface area contributed by atoms with E-state index in [1.807, 2.05) is 0 Å². The van der Waals surface area contributed by atoms with Gasteiger partial charge < -0.3 is 10.4 Å². The van der Waals surface area contributed by atoms with Crippen molar-refractivity contribution in [2.45, 2.75) is 53.6 Å². The predicted octanol–water partition coefficient (Wildman–Crippen LogP) is 2.12. The molecule has 0 radical (unpaired) electrons. The Morgan fingerprint density at radius 3 is 1.87 bits per heavy atom. The summed E-state index contributed by atoms with van der Waals surface area (Å²) in [6.07, 6.45) is 0. The van der Waals surface area contributed by atoms with E-state index in [0.717, 1.165) is 0 Å². The Morgan fingerprint density at radius 1 is 1.20 bits per heavy atom. The number of rotatable bonds is 4. The van der Waals surface area contributed by atoms with Crippen molar-refractivity contribution < 1.29 is 9.90 Å². The van der Waals surface area contributed by atoms with E-state index in [1.165, 1.54) is 0 Å². The van der Waals surface area contributed by atoms with Crippen LogP contribution in [0.3, 0.4) is 0 Å². The van der Waals surface area contributed by atoms with Crippen molar-refractivity contribution in [2.24, 2.45) is 16.7 Å². The zero-order chi connectivity index (χ0) is 12.0. The molecule has 0 aliphatic heterocycles. The number of hydrogen-bond donors (Lipinski definition) is 2. The number of aliphatic carboxylic acids is 1. The van der Waals surface area contributed by atoms with Crippen LogP contribution >= 0.6 is 0 Å². The average molecular weight is 213 g/mol. The van der Waals surface area contributed by atoms with Crippen LogP contribution in [0.5, 0.6) is 0 Å². The summed E-state index contributed by atoms with van der Waals surface area (Å²) in [5.74, 6) is -0.232. The molecule has 1 fully saturated rings. The van der Waals surface area contributed by atoms with Gasteiger partial charge in [-0.15, -0.1) is 0 Å². The van der Waals surface area contributed by atoms with E-state index >= 15 is 0 Å². The van der Waals surface area contributed by atoms with Crippen LogP contribution in [0, 0.1) is 16.7 Å². The highest BCUT2D eigenvalue weighted by atomic mass is 16.4. The molecule has 2 atom stereocenters. The Hall–Kier alpha value is -0.570. The van der Waals surface area contributed by atoms with Gasteiger partial charge in [-0.2, -0.15) is 0 Å². The Morgan fingerprint density at radius 2 is 1.60 bits per heavy atom. The van der Waals surface area contributed by atoms with Gasteiger partial charge >= 0.3 is 5.97 Å². The molecule has 0 spiro atoms. The molecule has 0 amide bonds. The molecule has 0 aromatic carbocycles. The maximum absolute atomic E-state index is 10.7. The second-order valence-corrected chi connectivity index (χ2v) is 5.94. The lowest BCUT2D eigenvalue weighted by Crippen LogP contribution is -2.42. The van der Waals surface area contributed by atoms with E-state index in [0.29, 0.717) is 16.7 Å². The molecular formula is C12H23NO2. The molecule has 2 unspecified atom stereocenters. The largest absolute Gasteiger partial charge is 0.480 e. The first kappa shape index (κ1) is 12.5. The first-order valence-electron chi connectivity index (χ1n) is 5.61. The molecule has 0 aromatic heterocycles. The third-order valence-electron chi connectivity index (χ3n) is 4.52. The van der Waals surface area contributed by atoms with Gasteiger partial charge in [-0.05, 0) is 30.6 Å². The quantitative estimate of drug-likeness (QED) is 0.752. The molecule has 1 aliphatic carbocycles. The summed E-state index contributed by atoms with van der Waals surface area (Å²) in [5.41, 5.74) is 0.606. The Kier molecular flexibility index (Phi) is 2.90. The SMILES string of the molecule is CC(NC(C)C1C(C)(C)C1(C)C)C(=O)O. The molecule has 0 bridgehead atoms. The number of carbonyl (C=O) groups is 1. The minimum atomic E-state index is -0.780. The van der Waals surface area contributed by atoms with Gasteiger partial charge in [0.25, 0.3) is 0 Å². The minimum Gasteiger partial charge on any atom is -0.480 e. The Balaban J connectivity index is 2.58. The van der Waals surface area contributed by atoms with Crippen LogP contribution in [0.25, 0.3) is 0 Å². The second kappa shape index (κ2) is 3.48. The van der Waals surface area contributed by atoms with E-state index in [2.05, 4.69) is 39.9 Å². The molecule has 88 valence electrons. The van der Waals surface area contributed by atoms with Crippen molar-refractivity contribution in [2.75, 3.05) is 0 Å². The van der Waals surface area contributed by atoms with Crippen molar-refractivity contribution in [3.8, 4) is 0 Å². The van der Waals surface area contributed by atoms with Crippen LogP contribution < -0.4 is 5.32 Å². The highest BCUT2D eigenvalue weighted by Gasteiger charge is 2.66. The lowest BCUT2D eigenvalue weighted by atomic mass is 10.0. The number of nitrogens with one attached hydrogen (secondary N) is 1. The zero-order valence-electron chi connectivity index (χ0n) is 10.6. The monoisotopic (exact) mass is 213 g/mol. The maximum Gasteiger partial charge on any atom is 0.320 e. The fourth-order valence-electron chi connectivity index (χ4n) is 3.06. The lowest BCUT2D eigenvalue weighted by Gasteiger charge is -2.18. The average Bonchev–Trinajstić information content (AvgIpc) is 2.41.